The molecule has 1 fully saturated rings. The third kappa shape index (κ3) is 6.54. The van der Waals surface area contributed by atoms with Crippen LogP contribution in [0.25, 0.3) is 0 Å². The molecular formula is C16H30IN5. The van der Waals surface area contributed by atoms with Gasteiger partial charge in [-0.05, 0) is 39.2 Å². The third-order valence-electron chi connectivity index (χ3n) is 4.12. The molecule has 0 atom stereocenters. The summed E-state index contributed by atoms with van der Waals surface area (Å²) in [6.07, 6.45) is 8.75. The van der Waals surface area contributed by atoms with Crippen molar-refractivity contribution < 1.29 is 0 Å². The first-order chi connectivity index (χ1) is 10.1. The second-order valence-electron chi connectivity index (χ2n) is 6.10. The number of guanidine groups is 1. The van der Waals surface area contributed by atoms with Crippen molar-refractivity contribution in [2.24, 2.45) is 10.7 Å². The highest BCUT2D eigenvalue weighted by Gasteiger charge is 2.12. The lowest BCUT2D eigenvalue weighted by atomic mass is 10.1. The van der Waals surface area contributed by atoms with Gasteiger partial charge in [0.05, 0.1) is 5.69 Å². The molecular weight excluding hydrogens is 389 g/mol. The summed E-state index contributed by atoms with van der Waals surface area (Å²) in [6, 6.07) is 2.62. The van der Waals surface area contributed by atoms with Gasteiger partial charge in [-0.25, -0.2) is 0 Å². The zero-order chi connectivity index (χ0) is 15.1. The number of rotatable bonds is 5. The van der Waals surface area contributed by atoms with Crippen LogP contribution in [0.2, 0.25) is 0 Å². The Morgan fingerprint density at radius 2 is 2.00 bits per heavy atom. The van der Waals surface area contributed by atoms with E-state index < -0.39 is 0 Å². The predicted octanol–water partition coefficient (Wildman–Crippen LogP) is 3.14. The third-order valence-corrected chi connectivity index (χ3v) is 4.12. The number of nitrogens with zero attached hydrogens (tertiary/aromatic N) is 3. The Bertz CT molecular complexity index is 461. The summed E-state index contributed by atoms with van der Waals surface area (Å²) in [4.78, 5) is 4.44. The van der Waals surface area contributed by atoms with Gasteiger partial charge in [0.15, 0.2) is 5.96 Å². The first-order valence-electron chi connectivity index (χ1n) is 8.22. The maximum absolute atomic E-state index is 5.99. The number of hydrogen-bond donors (Lipinski definition) is 2. The van der Waals surface area contributed by atoms with E-state index in [1.54, 1.807) is 0 Å². The molecule has 6 heteroatoms. The minimum absolute atomic E-state index is 0. The molecule has 1 aromatic heterocycles. The molecule has 5 nitrogen and oxygen atoms in total. The van der Waals surface area contributed by atoms with Gasteiger partial charge in [0.1, 0.15) is 0 Å². The fraction of sp³-hybridized carbons (Fsp3) is 0.750. The van der Waals surface area contributed by atoms with Crippen LogP contribution >= 0.6 is 24.0 Å². The minimum Gasteiger partial charge on any atom is -0.370 e. The van der Waals surface area contributed by atoms with E-state index in [0.29, 0.717) is 12.0 Å². The lowest BCUT2D eigenvalue weighted by Gasteiger charge is -2.16. The number of hydrogen-bond acceptors (Lipinski definition) is 2. The standard InChI is InChI=1S/C16H29N5.HI/c1-13-12-14(2)21(20-13)11-7-10-18-16(17)19-15-8-5-3-4-6-9-15;/h12,15H,3-11H2,1-2H3,(H3,17,18,19);1H. The molecule has 22 heavy (non-hydrogen) atoms. The molecule has 1 aliphatic rings. The molecule has 0 aromatic carbocycles. The molecule has 0 aliphatic heterocycles. The van der Waals surface area contributed by atoms with E-state index >= 15 is 0 Å². The van der Waals surface area contributed by atoms with Crippen LogP contribution in [-0.2, 0) is 6.54 Å². The summed E-state index contributed by atoms with van der Waals surface area (Å²) in [5.74, 6) is 0.607. The molecule has 1 saturated carbocycles. The van der Waals surface area contributed by atoms with Gasteiger partial charge in [-0.15, -0.1) is 24.0 Å². The van der Waals surface area contributed by atoms with Gasteiger partial charge < -0.3 is 11.1 Å². The van der Waals surface area contributed by atoms with Crippen molar-refractivity contribution in [1.29, 1.82) is 0 Å². The van der Waals surface area contributed by atoms with Gasteiger partial charge in [0, 0.05) is 24.8 Å². The van der Waals surface area contributed by atoms with Crippen LogP contribution in [0.1, 0.15) is 56.3 Å². The van der Waals surface area contributed by atoms with E-state index in [4.69, 9.17) is 5.73 Å². The van der Waals surface area contributed by atoms with E-state index in [2.05, 4.69) is 28.4 Å². The topological polar surface area (TPSA) is 68.2 Å². The Hall–Kier alpha value is -0.790. The summed E-state index contributed by atoms with van der Waals surface area (Å²) in [5.41, 5.74) is 8.27. The van der Waals surface area contributed by atoms with E-state index in [1.807, 2.05) is 11.6 Å². The van der Waals surface area contributed by atoms with Crippen LogP contribution in [0, 0.1) is 13.8 Å². The summed E-state index contributed by atoms with van der Waals surface area (Å²) < 4.78 is 2.04. The molecule has 1 aliphatic carbocycles. The van der Waals surface area contributed by atoms with Gasteiger partial charge >= 0.3 is 0 Å². The Labute approximate surface area is 151 Å². The van der Waals surface area contributed by atoms with Crippen LogP contribution < -0.4 is 11.1 Å². The van der Waals surface area contributed by atoms with Crippen LogP contribution in [-0.4, -0.2) is 28.3 Å². The highest BCUT2D eigenvalue weighted by Crippen LogP contribution is 2.16. The lowest BCUT2D eigenvalue weighted by Crippen LogP contribution is -2.39. The van der Waals surface area contributed by atoms with Crippen molar-refractivity contribution in [1.82, 2.24) is 15.1 Å². The van der Waals surface area contributed by atoms with Crippen LogP contribution in [0.3, 0.4) is 0 Å². The lowest BCUT2D eigenvalue weighted by molar-refractivity contribution is 0.528. The average molecular weight is 419 g/mol. The quantitative estimate of drug-likeness (QED) is 0.253. The normalized spacial score (nSPS) is 16.9. The van der Waals surface area contributed by atoms with Crippen LogP contribution in [0.15, 0.2) is 11.1 Å². The fourth-order valence-corrected chi connectivity index (χ4v) is 3.00. The van der Waals surface area contributed by atoms with E-state index in [9.17, 15) is 0 Å². The van der Waals surface area contributed by atoms with Crippen molar-refractivity contribution in [2.45, 2.75) is 71.4 Å². The SMILES string of the molecule is Cc1cc(C)n(CCCN=C(N)NC2CCCCCC2)n1.I. The molecule has 3 N–H and O–H groups in total. The van der Waals surface area contributed by atoms with Gasteiger partial charge in [-0.2, -0.15) is 5.10 Å². The molecule has 2 rings (SSSR count). The van der Waals surface area contributed by atoms with Crippen molar-refractivity contribution in [2.75, 3.05) is 6.54 Å². The number of aryl methyl sites for hydroxylation is 3. The zero-order valence-corrected chi connectivity index (χ0v) is 16.2. The average Bonchev–Trinajstić information content (AvgIpc) is 2.65. The summed E-state index contributed by atoms with van der Waals surface area (Å²) in [6.45, 7) is 5.77. The van der Waals surface area contributed by atoms with Crippen molar-refractivity contribution in [3.63, 3.8) is 0 Å². The number of aliphatic imine (C=N–C) groups is 1. The number of nitrogens with two attached hydrogens (primary N) is 1. The predicted molar refractivity (Wildman–Crippen MR) is 103 cm³/mol. The fourth-order valence-electron chi connectivity index (χ4n) is 3.00. The number of halogens is 1. The maximum atomic E-state index is 5.99. The van der Waals surface area contributed by atoms with Crippen molar-refractivity contribution in [3.8, 4) is 0 Å². The Balaban J connectivity index is 0.00000242. The number of aromatic nitrogens is 2. The first-order valence-corrected chi connectivity index (χ1v) is 8.22. The summed E-state index contributed by atoms with van der Waals surface area (Å²) in [5, 5.41) is 7.83. The van der Waals surface area contributed by atoms with E-state index in [-0.39, 0.29) is 24.0 Å². The molecule has 1 aromatic rings. The van der Waals surface area contributed by atoms with E-state index in [1.165, 1.54) is 44.2 Å². The number of nitrogens with one attached hydrogen (secondary N) is 1. The smallest absolute Gasteiger partial charge is 0.188 e. The molecule has 0 spiro atoms. The largest absolute Gasteiger partial charge is 0.370 e. The summed E-state index contributed by atoms with van der Waals surface area (Å²) in [7, 11) is 0. The van der Waals surface area contributed by atoms with Gasteiger partial charge in [0.2, 0.25) is 0 Å². The van der Waals surface area contributed by atoms with Crippen LogP contribution in [0.5, 0.6) is 0 Å². The Morgan fingerprint density at radius 1 is 1.32 bits per heavy atom. The monoisotopic (exact) mass is 419 g/mol. The highest BCUT2D eigenvalue weighted by molar-refractivity contribution is 14.0. The molecule has 0 saturated heterocycles. The second-order valence-corrected chi connectivity index (χ2v) is 6.10. The van der Waals surface area contributed by atoms with Crippen molar-refractivity contribution in [3.05, 3.63) is 17.5 Å². The molecule has 0 unspecified atom stereocenters. The van der Waals surface area contributed by atoms with Gasteiger partial charge in [0.25, 0.3) is 0 Å². The molecule has 0 amide bonds. The molecule has 0 radical (unpaired) electrons. The first kappa shape index (κ1) is 19.3. The van der Waals surface area contributed by atoms with Gasteiger partial charge in [-0.3, -0.25) is 9.67 Å². The summed E-state index contributed by atoms with van der Waals surface area (Å²) >= 11 is 0. The zero-order valence-electron chi connectivity index (χ0n) is 13.8. The van der Waals surface area contributed by atoms with E-state index in [0.717, 1.165) is 25.2 Å². The molecule has 0 bridgehead atoms. The van der Waals surface area contributed by atoms with Gasteiger partial charge in [-0.1, -0.05) is 25.7 Å². The van der Waals surface area contributed by atoms with Crippen molar-refractivity contribution >= 4 is 29.9 Å². The Morgan fingerprint density at radius 3 is 2.59 bits per heavy atom. The second kappa shape index (κ2) is 10.1. The highest BCUT2D eigenvalue weighted by atomic mass is 127. The minimum atomic E-state index is 0. The molecule has 126 valence electrons. The molecule has 1 heterocycles. The van der Waals surface area contributed by atoms with Crippen LogP contribution in [0.4, 0.5) is 0 Å². The Kier molecular flexibility index (Phi) is 8.82. The maximum Gasteiger partial charge on any atom is 0.188 e.